The summed E-state index contributed by atoms with van der Waals surface area (Å²) in [5.74, 6) is 0.774. The zero-order valence-corrected chi connectivity index (χ0v) is 11.5. The van der Waals surface area contributed by atoms with Gasteiger partial charge < -0.3 is 15.2 Å². The van der Waals surface area contributed by atoms with E-state index in [1.54, 1.807) is 0 Å². The predicted octanol–water partition coefficient (Wildman–Crippen LogP) is 2.08. The second kappa shape index (κ2) is 4.87. The van der Waals surface area contributed by atoms with Crippen LogP contribution < -0.4 is 5.32 Å². The lowest BCUT2D eigenvalue weighted by molar-refractivity contribution is -0.160. The lowest BCUT2D eigenvalue weighted by Crippen LogP contribution is -2.59. The fourth-order valence-electron chi connectivity index (χ4n) is 3.45. The van der Waals surface area contributed by atoms with Crippen molar-refractivity contribution >= 4 is 0 Å². The van der Waals surface area contributed by atoms with Gasteiger partial charge in [0, 0.05) is 18.9 Å². The zero-order chi connectivity index (χ0) is 12.5. The van der Waals surface area contributed by atoms with Gasteiger partial charge in [0.1, 0.15) is 0 Å². The Balaban J connectivity index is 2.04. The standard InChI is InChI=1S/C14H27NO2/c1-4-11-5-7-15-12(9-11)14(16)6-8-17-13(2,3)10-14/h11-12,15-16H,4-10H2,1-3H3. The minimum Gasteiger partial charge on any atom is -0.388 e. The van der Waals surface area contributed by atoms with Gasteiger partial charge >= 0.3 is 0 Å². The molecule has 2 fully saturated rings. The van der Waals surface area contributed by atoms with Crippen LogP contribution in [0.4, 0.5) is 0 Å². The topological polar surface area (TPSA) is 41.5 Å². The van der Waals surface area contributed by atoms with Gasteiger partial charge in [0.05, 0.1) is 17.8 Å². The molecule has 0 spiro atoms. The smallest absolute Gasteiger partial charge is 0.0849 e. The van der Waals surface area contributed by atoms with Gasteiger partial charge in [-0.2, -0.15) is 0 Å². The third-order valence-electron chi connectivity index (χ3n) is 4.50. The molecule has 17 heavy (non-hydrogen) atoms. The molecular formula is C14H27NO2. The highest BCUT2D eigenvalue weighted by molar-refractivity contribution is 5.00. The number of piperidine rings is 1. The van der Waals surface area contributed by atoms with Crippen molar-refractivity contribution in [2.75, 3.05) is 13.2 Å². The van der Waals surface area contributed by atoms with Crippen molar-refractivity contribution in [2.24, 2.45) is 5.92 Å². The van der Waals surface area contributed by atoms with E-state index in [1.165, 1.54) is 12.8 Å². The third-order valence-corrected chi connectivity index (χ3v) is 4.50. The Morgan fingerprint density at radius 3 is 2.82 bits per heavy atom. The number of hydrogen-bond acceptors (Lipinski definition) is 3. The lowest BCUT2D eigenvalue weighted by Gasteiger charge is -2.48. The van der Waals surface area contributed by atoms with Crippen molar-refractivity contribution in [2.45, 2.75) is 70.1 Å². The van der Waals surface area contributed by atoms with Gasteiger partial charge in [-0.1, -0.05) is 13.3 Å². The second-order valence-electron chi connectivity index (χ2n) is 6.44. The quantitative estimate of drug-likeness (QED) is 0.778. The summed E-state index contributed by atoms with van der Waals surface area (Å²) in [6, 6.07) is 0.254. The normalized spacial score (nSPS) is 42.4. The average Bonchev–Trinajstić information content (AvgIpc) is 2.27. The fraction of sp³-hybridized carbons (Fsp3) is 1.00. The van der Waals surface area contributed by atoms with Crippen LogP contribution in [0.3, 0.4) is 0 Å². The maximum Gasteiger partial charge on any atom is 0.0849 e. The molecule has 3 atom stereocenters. The lowest BCUT2D eigenvalue weighted by atomic mass is 9.74. The predicted molar refractivity (Wildman–Crippen MR) is 69.0 cm³/mol. The molecule has 2 heterocycles. The Morgan fingerprint density at radius 2 is 2.18 bits per heavy atom. The molecule has 2 aliphatic heterocycles. The number of ether oxygens (including phenoxy) is 1. The largest absolute Gasteiger partial charge is 0.388 e. The maximum atomic E-state index is 10.9. The van der Waals surface area contributed by atoms with Crippen LogP contribution >= 0.6 is 0 Å². The van der Waals surface area contributed by atoms with Crippen LogP contribution in [0.1, 0.15) is 52.9 Å². The molecule has 0 aromatic rings. The van der Waals surface area contributed by atoms with Gasteiger partial charge in [-0.05, 0) is 39.2 Å². The number of aliphatic hydroxyl groups is 1. The van der Waals surface area contributed by atoms with E-state index in [2.05, 4.69) is 26.1 Å². The van der Waals surface area contributed by atoms with Gasteiger partial charge in [0.2, 0.25) is 0 Å². The van der Waals surface area contributed by atoms with Crippen LogP contribution in [-0.4, -0.2) is 35.5 Å². The van der Waals surface area contributed by atoms with E-state index in [0.717, 1.165) is 31.7 Å². The number of nitrogens with one attached hydrogen (secondary N) is 1. The van der Waals surface area contributed by atoms with Gasteiger partial charge in [-0.3, -0.25) is 0 Å². The van der Waals surface area contributed by atoms with E-state index in [-0.39, 0.29) is 11.6 Å². The zero-order valence-electron chi connectivity index (χ0n) is 11.5. The fourth-order valence-corrected chi connectivity index (χ4v) is 3.45. The first-order valence-corrected chi connectivity index (χ1v) is 7.05. The summed E-state index contributed by atoms with van der Waals surface area (Å²) in [4.78, 5) is 0. The Morgan fingerprint density at radius 1 is 1.41 bits per heavy atom. The molecule has 3 unspecified atom stereocenters. The Kier molecular flexibility index (Phi) is 3.81. The van der Waals surface area contributed by atoms with Crippen LogP contribution in [-0.2, 0) is 4.74 Å². The van der Waals surface area contributed by atoms with Crippen molar-refractivity contribution in [1.82, 2.24) is 5.32 Å². The minimum atomic E-state index is -0.574. The first-order chi connectivity index (χ1) is 7.95. The van der Waals surface area contributed by atoms with E-state index >= 15 is 0 Å². The maximum absolute atomic E-state index is 10.9. The molecule has 3 heteroatoms. The first kappa shape index (κ1) is 13.3. The Bertz CT molecular complexity index is 267. The molecule has 2 N–H and O–H groups in total. The third kappa shape index (κ3) is 3.01. The summed E-state index contributed by atoms with van der Waals surface area (Å²) in [5, 5.41) is 14.4. The molecule has 0 saturated carbocycles. The molecule has 3 nitrogen and oxygen atoms in total. The van der Waals surface area contributed by atoms with Crippen LogP contribution in [0.15, 0.2) is 0 Å². The summed E-state index contributed by atoms with van der Waals surface area (Å²) in [7, 11) is 0. The highest BCUT2D eigenvalue weighted by Crippen LogP contribution is 2.37. The molecule has 0 radical (unpaired) electrons. The van der Waals surface area contributed by atoms with E-state index in [0.29, 0.717) is 6.61 Å². The Labute approximate surface area is 105 Å². The summed E-state index contributed by atoms with van der Waals surface area (Å²) < 4.78 is 5.72. The molecular weight excluding hydrogens is 214 g/mol. The second-order valence-corrected chi connectivity index (χ2v) is 6.44. The van der Waals surface area contributed by atoms with E-state index in [1.807, 2.05) is 0 Å². The van der Waals surface area contributed by atoms with Gasteiger partial charge in [-0.15, -0.1) is 0 Å². The van der Waals surface area contributed by atoms with Crippen molar-refractivity contribution in [1.29, 1.82) is 0 Å². The van der Waals surface area contributed by atoms with Crippen LogP contribution in [0.25, 0.3) is 0 Å². The molecule has 0 bridgehead atoms. The van der Waals surface area contributed by atoms with E-state index < -0.39 is 5.60 Å². The van der Waals surface area contributed by atoms with Crippen molar-refractivity contribution < 1.29 is 9.84 Å². The molecule has 0 amide bonds. The number of hydrogen-bond donors (Lipinski definition) is 2. The van der Waals surface area contributed by atoms with Gasteiger partial charge in [0.15, 0.2) is 0 Å². The monoisotopic (exact) mass is 241 g/mol. The highest BCUT2D eigenvalue weighted by atomic mass is 16.5. The minimum absolute atomic E-state index is 0.187. The molecule has 2 rings (SSSR count). The summed E-state index contributed by atoms with van der Waals surface area (Å²) in [6.45, 7) is 8.14. The van der Waals surface area contributed by atoms with Crippen molar-refractivity contribution in [3.05, 3.63) is 0 Å². The first-order valence-electron chi connectivity index (χ1n) is 7.05. The Hall–Kier alpha value is -0.120. The van der Waals surface area contributed by atoms with Gasteiger partial charge in [0.25, 0.3) is 0 Å². The molecule has 0 aromatic heterocycles. The van der Waals surface area contributed by atoms with Crippen LogP contribution in [0.5, 0.6) is 0 Å². The average molecular weight is 241 g/mol. The van der Waals surface area contributed by atoms with Crippen molar-refractivity contribution in [3.8, 4) is 0 Å². The van der Waals surface area contributed by atoms with E-state index in [9.17, 15) is 5.11 Å². The molecule has 0 aliphatic carbocycles. The highest BCUT2D eigenvalue weighted by Gasteiger charge is 2.45. The summed E-state index contributed by atoms with van der Waals surface area (Å²) >= 11 is 0. The molecule has 2 saturated heterocycles. The molecule has 100 valence electrons. The SMILES string of the molecule is CCC1CCNC(C2(O)CCOC(C)(C)C2)C1. The molecule has 2 aliphatic rings. The van der Waals surface area contributed by atoms with Gasteiger partial charge in [-0.25, -0.2) is 0 Å². The van der Waals surface area contributed by atoms with Crippen LogP contribution in [0, 0.1) is 5.92 Å². The summed E-state index contributed by atoms with van der Waals surface area (Å²) in [5.41, 5.74) is -0.760. The summed E-state index contributed by atoms with van der Waals surface area (Å²) in [6.07, 6.45) is 5.11. The van der Waals surface area contributed by atoms with Crippen LogP contribution in [0.2, 0.25) is 0 Å². The number of rotatable bonds is 2. The van der Waals surface area contributed by atoms with Crippen molar-refractivity contribution in [3.63, 3.8) is 0 Å². The molecule has 0 aromatic carbocycles. The van der Waals surface area contributed by atoms with E-state index in [4.69, 9.17) is 4.74 Å².